The summed E-state index contributed by atoms with van der Waals surface area (Å²) < 4.78 is 9.58. The fraction of sp³-hybridized carbons (Fsp3) is 0.250. The van der Waals surface area contributed by atoms with Gasteiger partial charge in [0, 0.05) is 6.42 Å². The van der Waals surface area contributed by atoms with Crippen LogP contribution in [0.4, 0.5) is 0 Å². The summed E-state index contributed by atoms with van der Waals surface area (Å²) in [4.78, 5) is 13.9. The summed E-state index contributed by atoms with van der Waals surface area (Å²) in [5.74, 6) is 1.20. The van der Waals surface area contributed by atoms with Crippen LogP contribution in [0.5, 0.6) is 6.08 Å². The van der Waals surface area contributed by atoms with E-state index in [9.17, 15) is 4.79 Å². The van der Waals surface area contributed by atoms with Crippen LogP contribution >= 0.6 is 0 Å². The molecule has 0 atom stereocenters. The molecule has 0 aliphatic heterocycles. The first kappa shape index (κ1) is 9.13. The molecule has 0 fully saturated rings. The molecule has 1 rings (SSSR count). The zero-order chi connectivity index (χ0) is 9.68. The fourth-order valence-corrected chi connectivity index (χ4v) is 0.619. The van der Waals surface area contributed by atoms with E-state index in [0.29, 0.717) is 6.42 Å². The minimum absolute atomic E-state index is 0.0762. The standard InChI is InChI=1S/C8H7NO4/c1-2-3-4-12-8-9-6(5-13-8)7(10)11/h1,5H,3-4H2,(H,10,11). The van der Waals surface area contributed by atoms with E-state index in [1.54, 1.807) is 0 Å². The highest BCUT2D eigenvalue weighted by molar-refractivity contribution is 5.84. The molecule has 0 radical (unpaired) electrons. The van der Waals surface area contributed by atoms with Gasteiger partial charge >= 0.3 is 12.0 Å². The number of oxazole rings is 1. The summed E-state index contributed by atoms with van der Waals surface area (Å²) in [5.41, 5.74) is -0.185. The normalized spacial score (nSPS) is 9.15. The number of terminal acetylenes is 1. The summed E-state index contributed by atoms with van der Waals surface area (Å²) in [6.45, 7) is 0.260. The van der Waals surface area contributed by atoms with Crippen LogP contribution in [0.3, 0.4) is 0 Å². The molecule has 0 saturated carbocycles. The van der Waals surface area contributed by atoms with Crippen molar-refractivity contribution in [2.45, 2.75) is 6.42 Å². The van der Waals surface area contributed by atoms with E-state index in [1.807, 2.05) is 0 Å². The maximum Gasteiger partial charge on any atom is 0.394 e. The van der Waals surface area contributed by atoms with Crippen molar-refractivity contribution >= 4 is 5.97 Å². The molecule has 0 unspecified atom stereocenters. The Morgan fingerprint density at radius 2 is 2.62 bits per heavy atom. The Kier molecular flexibility index (Phi) is 2.92. The van der Waals surface area contributed by atoms with Crippen LogP contribution in [-0.2, 0) is 0 Å². The van der Waals surface area contributed by atoms with Crippen LogP contribution < -0.4 is 4.74 Å². The largest absolute Gasteiger partial charge is 0.476 e. The Morgan fingerprint density at radius 3 is 3.15 bits per heavy atom. The van der Waals surface area contributed by atoms with Crippen LogP contribution in [0.15, 0.2) is 10.7 Å². The maximum atomic E-state index is 10.3. The number of hydrogen-bond donors (Lipinski definition) is 1. The smallest absolute Gasteiger partial charge is 0.394 e. The zero-order valence-corrected chi connectivity index (χ0v) is 6.69. The van der Waals surface area contributed by atoms with Crippen LogP contribution in [0, 0.1) is 12.3 Å². The van der Waals surface area contributed by atoms with Crippen LogP contribution in [0.2, 0.25) is 0 Å². The minimum Gasteiger partial charge on any atom is -0.476 e. The second-order valence-corrected chi connectivity index (χ2v) is 2.11. The average molecular weight is 181 g/mol. The lowest BCUT2D eigenvalue weighted by molar-refractivity contribution is 0.0690. The number of hydrogen-bond acceptors (Lipinski definition) is 4. The summed E-state index contributed by atoms with van der Waals surface area (Å²) >= 11 is 0. The molecule has 0 saturated heterocycles. The van der Waals surface area contributed by atoms with Gasteiger partial charge in [-0.25, -0.2) is 4.79 Å². The predicted molar refractivity (Wildman–Crippen MR) is 42.4 cm³/mol. The van der Waals surface area contributed by atoms with Crippen molar-refractivity contribution < 1.29 is 19.1 Å². The quantitative estimate of drug-likeness (QED) is 0.548. The van der Waals surface area contributed by atoms with Crippen LogP contribution in [-0.4, -0.2) is 22.7 Å². The van der Waals surface area contributed by atoms with Gasteiger partial charge in [-0.15, -0.1) is 12.3 Å². The molecule has 0 spiro atoms. The van der Waals surface area contributed by atoms with E-state index in [0.717, 1.165) is 6.26 Å². The highest BCUT2D eigenvalue weighted by Crippen LogP contribution is 2.09. The lowest BCUT2D eigenvalue weighted by Crippen LogP contribution is -1.98. The number of carbonyl (C=O) groups is 1. The van der Waals surface area contributed by atoms with Crippen molar-refractivity contribution in [3.05, 3.63) is 12.0 Å². The molecule has 13 heavy (non-hydrogen) atoms. The SMILES string of the molecule is C#CCCOc1nc(C(=O)O)co1. The van der Waals surface area contributed by atoms with Crippen LogP contribution in [0.25, 0.3) is 0 Å². The fourth-order valence-electron chi connectivity index (χ4n) is 0.619. The molecule has 1 N–H and O–H groups in total. The van der Waals surface area contributed by atoms with Crippen molar-refractivity contribution in [3.8, 4) is 18.4 Å². The number of nitrogens with zero attached hydrogens (tertiary/aromatic N) is 1. The Labute approximate surface area is 74.3 Å². The number of carboxylic acid groups (broad SMARTS) is 1. The van der Waals surface area contributed by atoms with Crippen molar-refractivity contribution in [1.29, 1.82) is 0 Å². The molecule has 68 valence electrons. The number of carboxylic acids is 1. The third-order valence-corrected chi connectivity index (χ3v) is 1.17. The molecule has 5 heteroatoms. The summed E-state index contributed by atoms with van der Waals surface area (Å²) in [5, 5.41) is 8.46. The molecular weight excluding hydrogens is 174 g/mol. The van der Waals surface area contributed by atoms with E-state index in [1.165, 1.54) is 0 Å². The van der Waals surface area contributed by atoms with Gasteiger partial charge in [0.1, 0.15) is 12.9 Å². The van der Waals surface area contributed by atoms with E-state index < -0.39 is 5.97 Å². The molecule has 0 aliphatic carbocycles. The average Bonchev–Trinajstić information content (AvgIpc) is 2.53. The highest BCUT2D eigenvalue weighted by Gasteiger charge is 2.10. The van der Waals surface area contributed by atoms with Gasteiger partial charge in [-0.2, -0.15) is 4.98 Å². The molecule has 0 bridgehead atoms. The van der Waals surface area contributed by atoms with Crippen molar-refractivity contribution in [1.82, 2.24) is 4.98 Å². The molecule has 1 heterocycles. The third-order valence-electron chi connectivity index (χ3n) is 1.17. The molecule has 0 aromatic carbocycles. The Hall–Kier alpha value is -1.96. The second-order valence-electron chi connectivity index (χ2n) is 2.11. The van der Waals surface area contributed by atoms with E-state index in [-0.39, 0.29) is 18.4 Å². The Bertz CT molecular complexity index is 336. The number of rotatable bonds is 4. The van der Waals surface area contributed by atoms with Gasteiger partial charge in [-0.05, 0) is 0 Å². The van der Waals surface area contributed by atoms with Crippen molar-refractivity contribution in [2.24, 2.45) is 0 Å². The Balaban J connectivity index is 2.50. The van der Waals surface area contributed by atoms with Crippen molar-refractivity contribution in [2.75, 3.05) is 6.61 Å². The van der Waals surface area contributed by atoms with Gasteiger partial charge in [0.15, 0.2) is 5.69 Å². The number of aromatic carboxylic acids is 1. The van der Waals surface area contributed by atoms with E-state index in [2.05, 4.69) is 15.3 Å². The van der Waals surface area contributed by atoms with Gasteiger partial charge in [0.05, 0.1) is 0 Å². The molecule has 1 aromatic heterocycles. The first-order chi connectivity index (χ1) is 6.24. The molecule has 1 aromatic rings. The van der Waals surface area contributed by atoms with E-state index in [4.69, 9.17) is 16.3 Å². The number of ether oxygens (including phenoxy) is 1. The minimum atomic E-state index is -1.16. The summed E-state index contributed by atoms with van der Waals surface area (Å²) in [7, 11) is 0. The highest BCUT2D eigenvalue weighted by atomic mass is 16.6. The predicted octanol–water partition coefficient (Wildman–Crippen LogP) is 0.775. The first-order valence-electron chi connectivity index (χ1n) is 3.49. The lowest BCUT2D eigenvalue weighted by Gasteiger charge is -1.94. The summed E-state index contributed by atoms with van der Waals surface area (Å²) in [6, 6.07) is 0. The Morgan fingerprint density at radius 1 is 1.85 bits per heavy atom. The second kappa shape index (κ2) is 4.16. The van der Waals surface area contributed by atoms with Crippen molar-refractivity contribution in [3.63, 3.8) is 0 Å². The van der Waals surface area contributed by atoms with E-state index >= 15 is 0 Å². The molecular formula is C8H7NO4. The third kappa shape index (κ3) is 2.52. The van der Waals surface area contributed by atoms with Crippen LogP contribution in [0.1, 0.15) is 16.9 Å². The first-order valence-corrected chi connectivity index (χ1v) is 3.49. The van der Waals surface area contributed by atoms with Gasteiger partial charge in [-0.3, -0.25) is 0 Å². The monoisotopic (exact) mass is 181 g/mol. The molecule has 0 amide bonds. The molecule has 0 aliphatic rings. The summed E-state index contributed by atoms with van der Waals surface area (Å²) in [6.07, 6.45) is 6.32. The van der Waals surface area contributed by atoms with Gasteiger partial charge < -0.3 is 14.3 Å². The zero-order valence-electron chi connectivity index (χ0n) is 6.69. The van der Waals surface area contributed by atoms with Gasteiger partial charge in [0.25, 0.3) is 0 Å². The lowest BCUT2D eigenvalue weighted by atomic mass is 10.5. The maximum absolute atomic E-state index is 10.3. The van der Waals surface area contributed by atoms with Gasteiger partial charge in [0.2, 0.25) is 0 Å². The topological polar surface area (TPSA) is 72.6 Å². The van der Waals surface area contributed by atoms with Gasteiger partial charge in [-0.1, -0.05) is 0 Å². The molecule has 5 nitrogen and oxygen atoms in total. The number of aromatic nitrogens is 1.